The summed E-state index contributed by atoms with van der Waals surface area (Å²) in [6.07, 6.45) is 45.7. The third-order valence-electron chi connectivity index (χ3n) is 10.4. The predicted molar refractivity (Wildman–Crippen MR) is 226 cm³/mol. The second-order valence-electron chi connectivity index (χ2n) is 15.0. The zero-order chi connectivity index (χ0) is 39.1. The quantitative estimate of drug-likeness (QED) is 0.0224. The Bertz CT molecular complexity index is 1030. The smallest absolute Gasteiger partial charge is 0.220 e. The molecule has 0 aliphatic carbocycles. The zero-order valence-electron chi connectivity index (χ0n) is 35.2. The van der Waals surface area contributed by atoms with E-state index in [4.69, 9.17) is 4.99 Å². The Balaban J connectivity index is 0.00000348. The summed E-state index contributed by atoms with van der Waals surface area (Å²) >= 11 is 0. The van der Waals surface area contributed by atoms with Crippen molar-refractivity contribution in [1.82, 2.24) is 5.32 Å². The molecule has 1 amide bonds. The van der Waals surface area contributed by atoms with Crippen molar-refractivity contribution in [2.75, 3.05) is 39.3 Å². The molecule has 0 saturated heterocycles. The average Bonchev–Trinajstić information content (AvgIpc) is 3.53. The van der Waals surface area contributed by atoms with Gasteiger partial charge in [0.1, 0.15) is 13.1 Å². The molecule has 0 aromatic heterocycles. The molecule has 1 atom stereocenters. The lowest BCUT2D eigenvalue weighted by Gasteiger charge is -2.34. The van der Waals surface area contributed by atoms with Crippen LogP contribution in [0.1, 0.15) is 207 Å². The topological polar surface area (TPSA) is 108 Å². The lowest BCUT2D eigenvalue weighted by Crippen LogP contribution is -2.54. The number of amides is 1. The molecule has 0 saturated carbocycles. The molecule has 0 radical (unpaired) electrons. The van der Waals surface area contributed by atoms with Crippen LogP contribution in [0.3, 0.4) is 0 Å². The Morgan fingerprint density at radius 1 is 0.679 bits per heavy atom. The van der Waals surface area contributed by atoms with Crippen molar-refractivity contribution >= 4 is 22.1 Å². The average molecular weight is 768 g/mol. The summed E-state index contributed by atoms with van der Waals surface area (Å²) < 4.78 is 33.0. The van der Waals surface area contributed by atoms with Gasteiger partial charge in [0.15, 0.2) is 5.84 Å². The molecule has 312 valence electrons. The Morgan fingerprint density at radius 2 is 1.11 bits per heavy atom. The maximum Gasteiger partial charge on any atom is 0.220 e. The van der Waals surface area contributed by atoms with Crippen molar-refractivity contribution in [1.29, 1.82) is 0 Å². The summed E-state index contributed by atoms with van der Waals surface area (Å²) in [7, 11) is -4.42. The van der Waals surface area contributed by atoms with E-state index >= 15 is 0 Å². The summed E-state index contributed by atoms with van der Waals surface area (Å²) in [6.45, 7) is 13.1. The molecular formula is C44H85N3O5S. The molecule has 8 nitrogen and oxygen atoms in total. The number of allylic oxidation sites excluding steroid dienone is 4. The Labute approximate surface area is 329 Å². The summed E-state index contributed by atoms with van der Waals surface area (Å²) in [5.74, 6) is 1.63. The van der Waals surface area contributed by atoms with Crippen LogP contribution in [0.15, 0.2) is 29.3 Å². The maximum absolute atomic E-state index is 12.5. The van der Waals surface area contributed by atoms with E-state index in [0.29, 0.717) is 6.42 Å². The molecule has 1 heterocycles. The third kappa shape index (κ3) is 33.5. The first-order valence-corrected chi connectivity index (χ1v) is 23.6. The predicted octanol–water partition coefficient (Wildman–Crippen LogP) is 11.9. The van der Waals surface area contributed by atoms with E-state index in [-0.39, 0.29) is 12.5 Å². The Morgan fingerprint density at radius 3 is 1.53 bits per heavy atom. The first-order valence-electron chi connectivity index (χ1n) is 22.3. The summed E-state index contributed by atoms with van der Waals surface area (Å²) in [5, 5.41) is 3.24. The van der Waals surface area contributed by atoms with Crippen molar-refractivity contribution in [3.63, 3.8) is 0 Å². The second kappa shape index (κ2) is 37.4. The van der Waals surface area contributed by atoms with Gasteiger partial charge in [0.05, 0.1) is 26.2 Å². The van der Waals surface area contributed by atoms with Gasteiger partial charge in [0, 0.05) is 12.8 Å². The number of likely N-dealkylation sites (N-methyl/N-ethyl adjacent to an activating group) is 1. The number of rotatable bonds is 36. The number of carbonyl (C=O) groups excluding carboxylic acids is 1. The monoisotopic (exact) mass is 768 g/mol. The number of unbranched alkanes of at least 4 members (excludes halogenated alkanes) is 22. The molecule has 1 rings (SSSR count). The van der Waals surface area contributed by atoms with Crippen molar-refractivity contribution in [3.8, 4) is 0 Å². The largest absolute Gasteiger partial charge is 0.726 e. The minimum Gasteiger partial charge on any atom is -0.726 e. The molecule has 0 fully saturated rings. The molecule has 1 aliphatic heterocycles. The fourth-order valence-electron chi connectivity index (χ4n) is 7.06. The van der Waals surface area contributed by atoms with E-state index in [9.17, 15) is 17.8 Å². The van der Waals surface area contributed by atoms with E-state index in [1.165, 1.54) is 173 Å². The van der Waals surface area contributed by atoms with Gasteiger partial charge in [-0.05, 0) is 78.1 Å². The number of hydrogen-bond acceptors (Lipinski definition) is 6. The van der Waals surface area contributed by atoms with E-state index in [1.54, 1.807) is 0 Å². The molecule has 1 aliphatic rings. The van der Waals surface area contributed by atoms with Crippen LogP contribution in [0.25, 0.3) is 0 Å². The van der Waals surface area contributed by atoms with Gasteiger partial charge in [-0.2, -0.15) is 0 Å². The number of amidine groups is 1. The van der Waals surface area contributed by atoms with Crippen LogP contribution in [-0.2, 0) is 19.4 Å². The third-order valence-corrected chi connectivity index (χ3v) is 11.0. The molecule has 53 heavy (non-hydrogen) atoms. The summed E-state index contributed by atoms with van der Waals surface area (Å²) in [4.78, 5) is 17.4. The number of aliphatic imine (C=N–C) groups is 1. The van der Waals surface area contributed by atoms with Crippen molar-refractivity contribution in [2.45, 2.75) is 207 Å². The lowest BCUT2D eigenvalue weighted by molar-refractivity contribution is -0.833. The number of quaternary nitrogens is 1. The maximum atomic E-state index is 12.5. The standard InChI is InChI=1S/C42H79N3O.C2H6O4S/c1-4-7-9-11-13-15-17-19-21-23-25-27-29-31-33-35-41-43-37-39-45(41,6-3)40-38-44-42(46)36-34-32-30-28-26-24-22-20-18-16-14-12-10-8-5-2;1-2-6-7(3,4)5/h19-22H,4-18,23-40H2,1-3H3;2H2,1H3,(H,3,4,5). The molecule has 0 aromatic rings. The van der Waals surface area contributed by atoms with Crippen LogP contribution in [0.2, 0.25) is 0 Å². The van der Waals surface area contributed by atoms with Crippen LogP contribution in [0.5, 0.6) is 0 Å². The van der Waals surface area contributed by atoms with Gasteiger partial charge in [0.25, 0.3) is 0 Å². The Kier molecular flexibility index (Phi) is 36.3. The number of carbonyl (C=O) groups is 1. The van der Waals surface area contributed by atoms with Crippen LogP contribution in [-0.4, -0.2) is 68.5 Å². The molecule has 1 unspecified atom stereocenters. The van der Waals surface area contributed by atoms with Gasteiger partial charge in [-0.3, -0.25) is 13.5 Å². The van der Waals surface area contributed by atoms with E-state index in [2.05, 4.69) is 54.6 Å². The van der Waals surface area contributed by atoms with E-state index < -0.39 is 10.4 Å². The summed E-state index contributed by atoms with van der Waals surface area (Å²) in [5.41, 5.74) is 0. The van der Waals surface area contributed by atoms with Gasteiger partial charge in [-0.25, -0.2) is 13.4 Å². The molecule has 0 spiro atoms. The van der Waals surface area contributed by atoms with Crippen molar-refractivity contribution < 1.29 is 26.4 Å². The normalized spacial score (nSPS) is 16.0. The van der Waals surface area contributed by atoms with Crippen LogP contribution >= 0.6 is 0 Å². The van der Waals surface area contributed by atoms with E-state index in [0.717, 1.165) is 50.0 Å². The van der Waals surface area contributed by atoms with Crippen LogP contribution in [0.4, 0.5) is 0 Å². The highest BCUT2D eigenvalue weighted by Crippen LogP contribution is 2.20. The van der Waals surface area contributed by atoms with Gasteiger partial charge in [0.2, 0.25) is 16.3 Å². The Hall–Kier alpha value is -1.55. The van der Waals surface area contributed by atoms with Crippen molar-refractivity contribution in [2.24, 2.45) is 4.99 Å². The van der Waals surface area contributed by atoms with Crippen LogP contribution in [0, 0.1) is 0 Å². The molecular weight excluding hydrogens is 683 g/mol. The van der Waals surface area contributed by atoms with Gasteiger partial charge >= 0.3 is 0 Å². The van der Waals surface area contributed by atoms with E-state index in [1.807, 2.05) is 0 Å². The fourth-order valence-corrected chi connectivity index (χ4v) is 7.35. The number of nitrogens with zero attached hydrogens (tertiary/aromatic N) is 2. The van der Waals surface area contributed by atoms with Crippen molar-refractivity contribution in [3.05, 3.63) is 24.3 Å². The highest BCUT2D eigenvalue weighted by molar-refractivity contribution is 7.80. The minimum atomic E-state index is -4.42. The highest BCUT2D eigenvalue weighted by Gasteiger charge is 2.35. The highest BCUT2D eigenvalue weighted by atomic mass is 32.3. The SMILES string of the molecule is CCCCCCCCC=CCCCCCCCC(=O)NCC[N+]1(CC)CCN=C1CCCCCCCC=CCCCCCCCC.CCOS(=O)(=O)[O-]. The first kappa shape index (κ1) is 51.5. The fraction of sp³-hybridized carbons (Fsp3) is 0.864. The van der Waals surface area contributed by atoms with Gasteiger partial charge in [-0.15, -0.1) is 0 Å². The molecule has 1 N–H and O–H groups in total. The molecule has 0 aromatic carbocycles. The minimum absolute atomic E-state index is 0.0914. The zero-order valence-corrected chi connectivity index (χ0v) is 36.0. The van der Waals surface area contributed by atoms with Crippen LogP contribution < -0.4 is 5.32 Å². The number of nitrogens with one attached hydrogen (secondary N) is 1. The molecule has 9 heteroatoms. The first-order chi connectivity index (χ1) is 25.7. The lowest BCUT2D eigenvalue weighted by atomic mass is 10.1. The second-order valence-corrected chi connectivity index (χ2v) is 16.1. The van der Waals surface area contributed by atoms with Gasteiger partial charge in [-0.1, -0.05) is 141 Å². The number of hydrogen-bond donors (Lipinski definition) is 1. The summed E-state index contributed by atoms with van der Waals surface area (Å²) in [6, 6.07) is 0. The molecule has 0 bridgehead atoms. The van der Waals surface area contributed by atoms with Gasteiger partial charge < -0.3 is 9.87 Å².